The van der Waals surface area contributed by atoms with E-state index in [1.54, 1.807) is 32.4 Å². The molecular weight excluding hydrogens is 255 g/mol. The van der Waals surface area contributed by atoms with Crippen LogP contribution >= 0.6 is 0 Å². The molecule has 1 aromatic carbocycles. The molecule has 2 rings (SSSR count). The fraction of sp³-hybridized carbons (Fsp3) is 0.312. The molecule has 0 fully saturated rings. The summed E-state index contributed by atoms with van der Waals surface area (Å²) in [6.07, 6.45) is 1.68. The van der Waals surface area contributed by atoms with Crippen molar-refractivity contribution in [2.24, 2.45) is 0 Å². The van der Waals surface area contributed by atoms with E-state index in [0.29, 0.717) is 11.4 Å². The highest BCUT2D eigenvalue weighted by atomic mass is 19.1. The molecule has 106 valence electrons. The maximum Gasteiger partial charge on any atom is 0.218 e. The number of hydrogen-bond donors (Lipinski definition) is 1. The van der Waals surface area contributed by atoms with Crippen molar-refractivity contribution in [3.05, 3.63) is 59.0 Å². The molecule has 3 nitrogen and oxygen atoms in total. The van der Waals surface area contributed by atoms with E-state index in [4.69, 9.17) is 4.74 Å². The molecule has 1 heterocycles. The third kappa shape index (κ3) is 2.96. The second kappa shape index (κ2) is 6.48. The van der Waals surface area contributed by atoms with E-state index in [1.165, 1.54) is 0 Å². The number of hydrogen-bond acceptors (Lipinski definition) is 3. The normalized spacial score (nSPS) is 12.2. The Kier molecular flexibility index (Phi) is 4.69. The predicted octanol–water partition coefficient (Wildman–Crippen LogP) is 3.24. The highest BCUT2D eigenvalue weighted by Crippen LogP contribution is 2.29. The summed E-state index contributed by atoms with van der Waals surface area (Å²) in [6, 6.07) is 8.94. The number of nitrogens with one attached hydrogen (secondary N) is 1. The van der Waals surface area contributed by atoms with Gasteiger partial charge in [-0.05, 0) is 36.7 Å². The lowest BCUT2D eigenvalue weighted by atomic mass is 9.98. The van der Waals surface area contributed by atoms with Crippen LogP contribution in [0.2, 0.25) is 0 Å². The van der Waals surface area contributed by atoms with Crippen molar-refractivity contribution >= 4 is 0 Å². The Balaban J connectivity index is 2.47. The molecule has 0 radical (unpaired) electrons. The first-order valence-electron chi connectivity index (χ1n) is 6.65. The van der Waals surface area contributed by atoms with Crippen LogP contribution in [0.3, 0.4) is 0 Å². The van der Waals surface area contributed by atoms with Crippen molar-refractivity contribution in [1.82, 2.24) is 10.3 Å². The van der Waals surface area contributed by atoms with Gasteiger partial charge in [0, 0.05) is 11.8 Å². The lowest BCUT2D eigenvalue weighted by Gasteiger charge is -2.20. The molecule has 1 N–H and O–H groups in total. The summed E-state index contributed by atoms with van der Waals surface area (Å²) in [4.78, 5) is 4.21. The molecule has 0 spiro atoms. The van der Waals surface area contributed by atoms with Crippen molar-refractivity contribution in [3.63, 3.8) is 0 Å². The topological polar surface area (TPSA) is 34.2 Å². The van der Waals surface area contributed by atoms with Gasteiger partial charge < -0.3 is 10.1 Å². The molecule has 0 aliphatic heterocycles. The molecule has 20 heavy (non-hydrogen) atoms. The van der Waals surface area contributed by atoms with Crippen molar-refractivity contribution in [3.8, 4) is 5.88 Å². The molecule has 0 saturated carbocycles. The van der Waals surface area contributed by atoms with Gasteiger partial charge in [-0.15, -0.1) is 0 Å². The first-order chi connectivity index (χ1) is 9.67. The van der Waals surface area contributed by atoms with Crippen LogP contribution in [0, 0.1) is 12.7 Å². The smallest absolute Gasteiger partial charge is 0.218 e. The third-order valence-electron chi connectivity index (χ3n) is 3.24. The van der Waals surface area contributed by atoms with Gasteiger partial charge >= 0.3 is 0 Å². The second-order valence-electron chi connectivity index (χ2n) is 4.60. The number of halogens is 1. The summed E-state index contributed by atoms with van der Waals surface area (Å²) in [6.45, 7) is 4.53. The van der Waals surface area contributed by atoms with E-state index >= 15 is 0 Å². The van der Waals surface area contributed by atoms with Crippen molar-refractivity contribution in [2.75, 3.05) is 13.7 Å². The van der Waals surface area contributed by atoms with Gasteiger partial charge in [0.25, 0.3) is 0 Å². The minimum atomic E-state index is -0.201. The van der Waals surface area contributed by atoms with Gasteiger partial charge in [0.1, 0.15) is 5.82 Å². The summed E-state index contributed by atoms with van der Waals surface area (Å²) >= 11 is 0. The van der Waals surface area contributed by atoms with Crippen LogP contribution in [0.15, 0.2) is 36.5 Å². The van der Waals surface area contributed by atoms with Gasteiger partial charge in [0.05, 0.1) is 13.2 Å². The summed E-state index contributed by atoms with van der Waals surface area (Å²) in [7, 11) is 1.59. The van der Waals surface area contributed by atoms with E-state index in [9.17, 15) is 4.39 Å². The van der Waals surface area contributed by atoms with Crippen molar-refractivity contribution in [1.29, 1.82) is 0 Å². The van der Waals surface area contributed by atoms with Crippen LogP contribution in [-0.4, -0.2) is 18.6 Å². The van der Waals surface area contributed by atoms with Crippen LogP contribution in [0.4, 0.5) is 4.39 Å². The van der Waals surface area contributed by atoms with Crippen LogP contribution < -0.4 is 10.1 Å². The molecule has 4 heteroatoms. The van der Waals surface area contributed by atoms with Gasteiger partial charge in [-0.25, -0.2) is 9.37 Å². The summed E-state index contributed by atoms with van der Waals surface area (Å²) in [5.74, 6) is 0.354. The van der Waals surface area contributed by atoms with Gasteiger partial charge in [-0.2, -0.15) is 0 Å². The second-order valence-corrected chi connectivity index (χ2v) is 4.60. The zero-order valence-corrected chi connectivity index (χ0v) is 12.0. The van der Waals surface area contributed by atoms with E-state index in [2.05, 4.69) is 10.3 Å². The number of aryl methyl sites for hydroxylation is 1. The van der Waals surface area contributed by atoms with E-state index in [0.717, 1.165) is 17.7 Å². The molecule has 1 unspecified atom stereocenters. The first kappa shape index (κ1) is 14.5. The Morgan fingerprint density at radius 1 is 1.35 bits per heavy atom. The Labute approximate surface area is 118 Å². The fourth-order valence-corrected chi connectivity index (χ4v) is 2.19. The number of aromatic nitrogens is 1. The number of benzene rings is 1. The number of pyridine rings is 1. The SMILES string of the molecule is CCNC(c1ccc(C)c(F)c1)c1cccnc1OC. The quantitative estimate of drug-likeness (QED) is 0.909. The average molecular weight is 274 g/mol. The summed E-state index contributed by atoms with van der Waals surface area (Å²) in [5.41, 5.74) is 2.41. The Morgan fingerprint density at radius 2 is 2.15 bits per heavy atom. The van der Waals surface area contributed by atoms with E-state index < -0.39 is 0 Å². The maximum atomic E-state index is 13.8. The van der Waals surface area contributed by atoms with Crippen LogP contribution in [0.25, 0.3) is 0 Å². The summed E-state index contributed by atoms with van der Waals surface area (Å²) < 4.78 is 19.1. The van der Waals surface area contributed by atoms with Crippen molar-refractivity contribution in [2.45, 2.75) is 19.9 Å². The average Bonchev–Trinajstić information content (AvgIpc) is 2.48. The molecule has 0 aliphatic carbocycles. The number of methoxy groups -OCH3 is 1. The van der Waals surface area contributed by atoms with Gasteiger partial charge in [-0.3, -0.25) is 0 Å². The monoisotopic (exact) mass is 274 g/mol. The standard InChI is InChI=1S/C16H19FN2O/c1-4-18-15(12-8-7-11(2)14(17)10-12)13-6-5-9-19-16(13)20-3/h5-10,15,18H,4H2,1-3H3. The number of ether oxygens (including phenoxy) is 1. The largest absolute Gasteiger partial charge is 0.481 e. The maximum absolute atomic E-state index is 13.8. The fourth-order valence-electron chi connectivity index (χ4n) is 2.19. The lowest BCUT2D eigenvalue weighted by molar-refractivity contribution is 0.387. The first-order valence-corrected chi connectivity index (χ1v) is 6.65. The molecule has 0 aliphatic rings. The highest BCUT2D eigenvalue weighted by Gasteiger charge is 2.18. The predicted molar refractivity (Wildman–Crippen MR) is 77.4 cm³/mol. The Bertz CT molecular complexity index is 586. The summed E-state index contributed by atoms with van der Waals surface area (Å²) in [5, 5.41) is 3.35. The van der Waals surface area contributed by atoms with Crippen LogP contribution in [0.5, 0.6) is 5.88 Å². The molecule has 1 atom stereocenters. The van der Waals surface area contributed by atoms with E-state index in [1.807, 2.05) is 25.1 Å². The minimum absolute atomic E-state index is 0.140. The zero-order valence-electron chi connectivity index (χ0n) is 12.0. The molecule has 0 amide bonds. The van der Waals surface area contributed by atoms with Gasteiger partial charge in [-0.1, -0.05) is 25.1 Å². The highest BCUT2D eigenvalue weighted by molar-refractivity contribution is 5.38. The van der Waals surface area contributed by atoms with Gasteiger partial charge in [0.15, 0.2) is 0 Å². The lowest BCUT2D eigenvalue weighted by Crippen LogP contribution is -2.23. The molecule has 2 aromatic rings. The Hall–Kier alpha value is -1.94. The van der Waals surface area contributed by atoms with E-state index in [-0.39, 0.29) is 11.9 Å². The number of nitrogens with zero attached hydrogens (tertiary/aromatic N) is 1. The molecule has 1 aromatic heterocycles. The minimum Gasteiger partial charge on any atom is -0.481 e. The van der Waals surface area contributed by atoms with Crippen LogP contribution in [-0.2, 0) is 0 Å². The molecule has 0 bridgehead atoms. The van der Waals surface area contributed by atoms with Crippen molar-refractivity contribution < 1.29 is 9.13 Å². The number of rotatable bonds is 5. The van der Waals surface area contributed by atoms with Gasteiger partial charge in [0.2, 0.25) is 5.88 Å². The third-order valence-corrected chi connectivity index (χ3v) is 3.24. The Morgan fingerprint density at radius 3 is 2.80 bits per heavy atom. The zero-order chi connectivity index (χ0) is 14.5. The molecular formula is C16H19FN2O. The molecule has 0 saturated heterocycles. The van der Waals surface area contributed by atoms with Crippen LogP contribution in [0.1, 0.15) is 29.7 Å².